The first-order valence-electron chi connectivity index (χ1n) is 9.14. The van der Waals surface area contributed by atoms with Gasteiger partial charge in [-0.3, -0.25) is 14.4 Å². The number of ketones is 1. The van der Waals surface area contributed by atoms with E-state index >= 15 is 0 Å². The van der Waals surface area contributed by atoms with Crippen molar-refractivity contribution < 1.29 is 28.7 Å². The van der Waals surface area contributed by atoms with Gasteiger partial charge in [0, 0.05) is 17.7 Å². The number of nitrogens with zero attached hydrogens (tertiary/aromatic N) is 1. The second-order valence-corrected chi connectivity index (χ2v) is 7.68. The van der Waals surface area contributed by atoms with Crippen LogP contribution in [0, 0.1) is 0 Å². The van der Waals surface area contributed by atoms with Gasteiger partial charge in [0.15, 0.2) is 17.6 Å². The van der Waals surface area contributed by atoms with Crippen molar-refractivity contribution in [1.29, 1.82) is 0 Å². The Hall–Kier alpha value is -3.66. The standard InChI is InChI=1S/C21H19N3O6S/c1-29-15-4-2-3-13(9-15)16(25)11-30-20(28)12-5-7-14(8-6-12)23-18(26)10-17-19(27)24-21(22)31-17/h2-9,17H,10-11H2,1H3,(H,23,26)(H2,22,24,27). The molecule has 1 unspecified atom stereocenters. The van der Waals surface area contributed by atoms with Crippen molar-refractivity contribution in [3.63, 3.8) is 0 Å². The van der Waals surface area contributed by atoms with E-state index in [1.165, 1.54) is 31.4 Å². The molecule has 0 aromatic heterocycles. The van der Waals surface area contributed by atoms with Crippen molar-refractivity contribution >= 4 is 46.2 Å². The first-order valence-corrected chi connectivity index (χ1v) is 10.0. The number of methoxy groups -OCH3 is 1. The van der Waals surface area contributed by atoms with Crippen LogP contribution < -0.4 is 15.8 Å². The number of Topliss-reactive ketones (excluding diaryl/α,β-unsaturated/α-hetero) is 1. The number of carbonyl (C=O) groups is 4. The van der Waals surface area contributed by atoms with Crippen molar-refractivity contribution in [1.82, 2.24) is 0 Å². The number of amidine groups is 1. The number of hydrogen-bond acceptors (Lipinski definition) is 8. The molecule has 0 fully saturated rings. The van der Waals surface area contributed by atoms with Crippen molar-refractivity contribution in [3.8, 4) is 5.75 Å². The van der Waals surface area contributed by atoms with E-state index in [-0.39, 0.29) is 28.8 Å². The molecule has 9 nitrogen and oxygen atoms in total. The van der Waals surface area contributed by atoms with Gasteiger partial charge in [-0.1, -0.05) is 23.9 Å². The zero-order chi connectivity index (χ0) is 22.4. The molecule has 0 aliphatic carbocycles. The fraction of sp³-hybridized carbons (Fsp3) is 0.190. The molecule has 3 N–H and O–H groups in total. The molecule has 2 aromatic rings. The first kappa shape index (κ1) is 22.0. The number of amides is 2. The van der Waals surface area contributed by atoms with Gasteiger partial charge in [0.25, 0.3) is 5.91 Å². The van der Waals surface area contributed by atoms with Gasteiger partial charge in [0.1, 0.15) is 11.0 Å². The summed E-state index contributed by atoms with van der Waals surface area (Å²) in [6, 6.07) is 12.5. The van der Waals surface area contributed by atoms with Gasteiger partial charge >= 0.3 is 5.97 Å². The third-order valence-electron chi connectivity index (χ3n) is 4.26. The highest BCUT2D eigenvalue weighted by molar-refractivity contribution is 8.15. The molecule has 0 saturated heterocycles. The second-order valence-electron chi connectivity index (χ2n) is 6.46. The largest absolute Gasteiger partial charge is 0.497 e. The highest BCUT2D eigenvalue weighted by Gasteiger charge is 2.29. The summed E-state index contributed by atoms with van der Waals surface area (Å²) in [6.07, 6.45) is -0.0656. The van der Waals surface area contributed by atoms with Crippen LogP contribution in [-0.4, -0.2) is 47.7 Å². The smallest absolute Gasteiger partial charge is 0.338 e. The van der Waals surface area contributed by atoms with Crippen LogP contribution >= 0.6 is 11.8 Å². The van der Waals surface area contributed by atoms with E-state index in [4.69, 9.17) is 15.2 Å². The van der Waals surface area contributed by atoms with E-state index in [0.717, 1.165) is 11.8 Å². The third-order valence-corrected chi connectivity index (χ3v) is 5.25. The molecule has 1 aliphatic heterocycles. The van der Waals surface area contributed by atoms with Crippen LogP contribution in [0.25, 0.3) is 0 Å². The van der Waals surface area contributed by atoms with Crippen molar-refractivity contribution in [2.75, 3.05) is 19.0 Å². The molecule has 0 saturated carbocycles. The Bertz CT molecular complexity index is 1050. The number of anilines is 1. The highest BCUT2D eigenvalue weighted by atomic mass is 32.2. The van der Waals surface area contributed by atoms with Crippen LogP contribution in [0.1, 0.15) is 27.1 Å². The van der Waals surface area contributed by atoms with E-state index in [0.29, 0.717) is 17.0 Å². The fourth-order valence-electron chi connectivity index (χ4n) is 2.70. The van der Waals surface area contributed by atoms with Crippen LogP contribution in [0.5, 0.6) is 5.75 Å². The SMILES string of the molecule is COc1cccc(C(=O)COC(=O)c2ccc(NC(=O)CC3SC(N)=NC3=O)cc2)c1. The minimum atomic E-state index is -0.672. The number of rotatable bonds is 8. The van der Waals surface area contributed by atoms with Gasteiger partial charge in [0.2, 0.25) is 5.91 Å². The molecule has 10 heteroatoms. The number of hydrogen-bond donors (Lipinski definition) is 2. The summed E-state index contributed by atoms with van der Waals surface area (Å²) < 4.78 is 10.1. The topological polar surface area (TPSA) is 137 Å². The van der Waals surface area contributed by atoms with E-state index < -0.39 is 23.7 Å². The minimum Gasteiger partial charge on any atom is -0.497 e. The summed E-state index contributed by atoms with van der Waals surface area (Å²) in [4.78, 5) is 51.6. The maximum atomic E-state index is 12.2. The Morgan fingerprint density at radius 2 is 1.87 bits per heavy atom. The Morgan fingerprint density at radius 3 is 2.52 bits per heavy atom. The number of thioether (sulfide) groups is 1. The lowest BCUT2D eigenvalue weighted by molar-refractivity contribution is -0.121. The van der Waals surface area contributed by atoms with Crippen LogP contribution in [0.3, 0.4) is 0 Å². The molecule has 0 bridgehead atoms. The Balaban J connectivity index is 1.50. The number of aliphatic imine (C=N–C) groups is 1. The lowest BCUT2D eigenvalue weighted by Crippen LogP contribution is -2.21. The van der Waals surface area contributed by atoms with Gasteiger partial charge in [0.05, 0.1) is 12.7 Å². The number of esters is 1. The fourth-order valence-corrected chi connectivity index (χ4v) is 3.52. The summed E-state index contributed by atoms with van der Waals surface area (Å²) in [5, 5.41) is 2.16. The van der Waals surface area contributed by atoms with Gasteiger partial charge in [-0.25, -0.2) is 4.79 Å². The number of benzene rings is 2. The quantitative estimate of drug-likeness (QED) is 0.469. The first-order chi connectivity index (χ1) is 14.9. The third kappa shape index (κ3) is 5.92. The van der Waals surface area contributed by atoms with Gasteiger partial charge in [-0.05, 0) is 36.4 Å². The van der Waals surface area contributed by atoms with Crippen LogP contribution in [0.4, 0.5) is 5.69 Å². The van der Waals surface area contributed by atoms with Gasteiger partial charge < -0.3 is 20.5 Å². The molecule has 1 aliphatic rings. The van der Waals surface area contributed by atoms with Gasteiger partial charge in [-0.15, -0.1) is 0 Å². The number of ether oxygens (including phenoxy) is 2. The second kappa shape index (κ2) is 9.90. The number of nitrogens with one attached hydrogen (secondary N) is 1. The van der Waals surface area contributed by atoms with E-state index in [1.54, 1.807) is 24.3 Å². The molecule has 1 atom stereocenters. The summed E-state index contributed by atoms with van der Waals surface area (Å²) >= 11 is 1.05. The molecule has 3 rings (SSSR count). The lowest BCUT2D eigenvalue weighted by atomic mass is 10.1. The van der Waals surface area contributed by atoms with Crippen molar-refractivity contribution in [2.45, 2.75) is 11.7 Å². The Kier molecular flexibility index (Phi) is 7.03. The maximum Gasteiger partial charge on any atom is 0.338 e. The van der Waals surface area contributed by atoms with Crippen LogP contribution in [0.15, 0.2) is 53.5 Å². The summed E-state index contributed by atoms with van der Waals surface area (Å²) in [5.41, 5.74) is 6.50. The normalized spacial score (nSPS) is 15.2. The summed E-state index contributed by atoms with van der Waals surface area (Å²) in [6.45, 7) is -0.414. The summed E-state index contributed by atoms with van der Waals surface area (Å²) in [7, 11) is 1.49. The molecule has 31 heavy (non-hydrogen) atoms. The Labute approximate surface area is 182 Å². The Morgan fingerprint density at radius 1 is 1.13 bits per heavy atom. The molecular weight excluding hydrogens is 422 g/mol. The minimum absolute atomic E-state index is 0.0656. The molecule has 2 amide bonds. The van der Waals surface area contributed by atoms with E-state index in [2.05, 4.69) is 10.3 Å². The molecule has 0 radical (unpaired) electrons. The number of carbonyl (C=O) groups excluding carboxylic acids is 4. The molecule has 1 heterocycles. The average molecular weight is 441 g/mol. The zero-order valence-electron chi connectivity index (χ0n) is 16.5. The van der Waals surface area contributed by atoms with Crippen molar-refractivity contribution in [2.24, 2.45) is 10.7 Å². The molecular formula is C21H19N3O6S. The number of nitrogens with two attached hydrogens (primary N) is 1. The molecule has 0 spiro atoms. The maximum absolute atomic E-state index is 12.2. The lowest BCUT2D eigenvalue weighted by Gasteiger charge is -2.09. The highest BCUT2D eigenvalue weighted by Crippen LogP contribution is 2.23. The molecule has 160 valence electrons. The predicted octanol–water partition coefficient (Wildman–Crippen LogP) is 2.02. The zero-order valence-corrected chi connectivity index (χ0v) is 17.3. The van der Waals surface area contributed by atoms with E-state index in [1.807, 2.05) is 0 Å². The molecule has 2 aromatic carbocycles. The van der Waals surface area contributed by atoms with Gasteiger partial charge in [-0.2, -0.15) is 4.99 Å². The van der Waals surface area contributed by atoms with Crippen LogP contribution in [-0.2, 0) is 14.3 Å². The predicted molar refractivity (Wildman–Crippen MR) is 115 cm³/mol. The summed E-state index contributed by atoms with van der Waals surface area (Å²) in [5.74, 6) is -1.31. The monoisotopic (exact) mass is 441 g/mol. The van der Waals surface area contributed by atoms with E-state index in [9.17, 15) is 19.2 Å². The van der Waals surface area contributed by atoms with Crippen molar-refractivity contribution in [3.05, 3.63) is 59.7 Å². The van der Waals surface area contributed by atoms with Crippen LogP contribution in [0.2, 0.25) is 0 Å². The average Bonchev–Trinajstić information content (AvgIpc) is 3.08.